The standard InChI is InChI=1S/C42H33N5O5S3/c1-23-10-14-30(18-26(23)4)45-39(49)33(40(50)46(42(45)53)31-15-11-24(2)27(5)19-31)20-28-12-17-36(35(21-28)47(51)52)54-41-44-34-16-13-29(22-37(34)55-41)43-38(48)32-9-7-6-8-25(32)3/h6-22H,1-5H3,(H,43,48). The summed E-state index contributed by atoms with van der Waals surface area (Å²) in [5.41, 5.74) is 7.53. The van der Waals surface area contributed by atoms with Gasteiger partial charge in [-0.2, -0.15) is 0 Å². The van der Waals surface area contributed by atoms with Crippen molar-refractivity contribution in [1.29, 1.82) is 0 Å². The zero-order valence-electron chi connectivity index (χ0n) is 30.4. The highest BCUT2D eigenvalue weighted by Crippen LogP contribution is 2.40. The number of anilines is 3. The molecule has 0 unspecified atom stereocenters. The fourth-order valence-corrected chi connectivity index (χ4v) is 8.60. The minimum absolute atomic E-state index is 0.00742. The van der Waals surface area contributed by atoms with Crippen molar-refractivity contribution < 1.29 is 19.3 Å². The number of rotatable bonds is 8. The molecule has 1 aliphatic heterocycles. The summed E-state index contributed by atoms with van der Waals surface area (Å²) in [7, 11) is 0. The molecule has 1 aliphatic rings. The molecule has 0 aliphatic carbocycles. The van der Waals surface area contributed by atoms with Gasteiger partial charge in [-0.15, -0.1) is 11.3 Å². The first-order chi connectivity index (χ1) is 26.3. The maximum Gasteiger partial charge on any atom is 0.283 e. The Morgan fingerprint density at radius 2 is 1.44 bits per heavy atom. The van der Waals surface area contributed by atoms with Gasteiger partial charge in [-0.3, -0.25) is 34.3 Å². The Morgan fingerprint density at radius 1 is 0.800 bits per heavy atom. The van der Waals surface area contributed by atoms with Crippen molar-refractivity contribution in [2.75, 3.05) is 15.1 Å². The monoisotopic (exact) mass is 783 g/mol. The van der Waals surface area contributed by atoms with E-state index < -0.39 is 16.7 Å². The molecule has 0 bridgehead atoms. The van der Waals surface area contributed by atoms with E-state index in [-0.39, 0.29) is 22.3 Å². The highest BCUT2D eigenvalue weighted by atomic mass is 32.2. The molecular formula is C42H33N5O5S3. The summed E-state index contributed by atoms with van der Waals surface area (Å²) >= 11 is 8.29. The lowest BCUT2D eigenvalue weighted by Crippen LogP contribution is -2.57. The first-order valence-corrected chi connectivity index (χ1v) is 19.2. The summed E-state index contributed by atoms with van der Waals surface area (Å²) in [5, 5.41) is 15.4. The molecule has 3 amide bonds. The molecule has 0 atom stereocenters. The topological polar surface area (TPSA) is 126 Å². The largest absolute Gasteiger partial charge is 0.322 e. The Morgan fingerprint density at radius 3 is 2.04 bits per heavy atom. The molecule has 10 nitrogen and oxygen atoms in total. The quantitative estimate of drug-likeness (QED) is 0.0532. The number of thiazole rings is 1. The van der Waals surface area contributed by atoms with Gasteiger partial charge in [0.2, 0.25) is 0 Å². The molecule has 13 heteroatoms. The Balaban J connectivity index is 1.21. The van der Waals surface area contributed by atoms with Crippen molar-refractivity contribution in [1.82, 2.24) is 4.98 Å². The van der Waals surface area contributed by atoms with Crippen LogP contribution in [0.3, 0.4) is 0 Å². The molecule has 1 saturated heterocycles. The van der Waals surface area contributed by atoms with Gasteiger partial charge in [-0.25, -0.2) is 4.98 Å². The maximum absolute atomic E-state index is 14.2. The minimum Gasteiger partial charge on any atom is -0.322 e. The Hall–Kier alpha value is -6.02. The number of carbonyl (C=O) groups is 3. The van der Waals surface area contributed by atoms with Crippen molar-refractivity contribution in [2.24, 2.45) is 0 Å². The van der Waals surface area contributed by atoms with Crippen molar-refractivity contribution in [3.8, 4) is 0 Å². The fraction of sp³-hybridized carbons (Fsp3) is 0.119. The molecule has 0 spiro atoms. The van der Waals surface area contributed by atoms with Crippen LogP contribution in [0.25, 0.3) is 16.3 Å². The molecule has 1 N–H and O–H groups in total. The number of nitrogens with zero attached hydrogens (tertiary/aromatic N) is 4. The van der Waals surface area contributed by atoms with Crippen LogP contribution in [0, 0.1) is 44.7 Å². The lowest BCUT2D eigenvalue weighted by molar-refractivity contribution is -0.387. The number of nitro groups is 1. The van der Waals surface area contributed by atoms with Gasteiger partial charge in [0.15, 0.2) is 9.45 Å². The first-order valence-electron chi connectivity index (χ1n) is 17.1. The van der Waals surface area contributed by atoms with E-state index in [4.69, 9.17) is 12.2 Å². The summed E-state index contributed by atoms with van der Waals surface area (Å²) < 4.78 is 1.36. The summed E-state index contributed by atoms with van der Waals surface area (Å²) in [5.74, 6) is -1.50. The van der Waals surface area contributed by atoms with Crippen LogP contribution in [0.5, 0.6) is 0 Å². The molecule has 0 radical (unpaired) electrons. The number of benzene rings is 5. The number of carbonyl (C=O) groups excluding carboxylic acids is 3. The number of aryl methyl sites for hydroxylation is 5. The zero-order valence-corrected chi connectivity index (χ0v) is 32.8. The van der Waals surface area contributed by atoms with Gasteiger partial charge in [0.25, 0.3) is 23.4 Å². The van der Waals surface area contributed by atoms with E-state index in [0.29, 0.717) is 42.9 Å². The molecule has 5 aromatic carbocycles. The number of amides is 3. The van der Waals surface area contributed by atoms with E-state index in [2.05, 4.69) is 10.3 Å². The van der Waals surface area contributed by atoms with Crippen molar-refractivity contribution in [3.05, 3.63) is 152 Å². The van der Waals surface area contributed by atoms with Crippen LogP contribution in [0.1, 0.15) is 43.7 Å². The Bertz CT molecular complexity index is 2570. The predicted octanol–water partition coefficient (Wildman–Crippen LogP) is 9.90. The average molecular weight is 784 g/mol. The molecule has 1 aromatic heterocycles. The second-order valence-electron chi connectivity index (χ2n) is 13.2. The second kappa shape index (κ2) is 15.0. The Labute approximate surface area is 330 Å². The van der Waals surface area contributed by atoms with Gasteiger partial charge in [-0.05, 0) is 141 Å². The normalized spacial score (nSPS) is 13.1. The lowest BCUT2D eigenvalue weighted by atomic mass is 10.0. The first kappa shape index (κ1) is 37.3. The number of nitro benzene ring substituents is 1. The third kappa shape index (κ3) is 7.41. The molecule has 1 fully saturated rings. The smallest absolute Gasteiger partial charge is 0.283 e. The third-order valence-electron chi connectivity index (χ3n) is 9.45. The molecule has 7 rings (SSSR count). The van der Waals surface area contributed by atoms with Crippen molar-refractivity contribution >= 4 is 97.2 Å². The van der Waals surface area contributed by atoms with E-state index in [0.717, 1.165) is 44.3 Å². The van der Waals surface area contributed by atoms with Crippen LogP contribution in [0.2, 0.25) is 0 Å². The highest BCUT2D eigenvalue weighted by molar-refractivity contribution is 8.01. The van der Waals surface area contributed by atoms with E-state index in [1.165, 1.54) is 33.3 Å². The van der Waals surface area contributed by atoms with E-state index >= 15 is 0 Å². The molecule has 55 heavy (non-hydrogen) atoms. The number of aromatic nitrogens is 1. The Kier molecular flexibility index (Phi) is 10.2. The lowest BCUT2D eigenvalue weighted by Gasteiger charge is -2.37. The molecule has 2 heterocycles. The number of thiocarbonyl (C=S) groups is 1. The van der Waals surface area contributed by atoms with E-state index in [9.17, 15) is 24.5 Å². The van der Waals surface area contributed by atoms with Crippen molar-refractivity contribution in [2.45, 2.75) is 43.9 Å². The summed E-state index contributed by atoms with van der Waals surface area (Å²) in [6, 6.07) is 28.3. The van der Waals surface area contributed by atoms with Gasteiger partial charge in [0, 0.05) is 17.3 Å². The number of hydrogen-bond donors (Lipinski definition) is 1. The second-order valence-corrected chi connectivity index (χ2v) is 15.9. The number of hydrogen-bond acceptors (Lipinski definition) is 9. The molecule has 6 aromatic rings. The fourth-order valence-electron chi connectivity index (χ4n) is 6.08. The highest BCUT2D eigenvalue weighted by Gasteiger charge is 2.41. The number of nitrogens with one attached hydrogen (secondary N) is 1. The molecule has 0 saturated carbocycles. The molecule has 274 valence electrons. The van der Waals surface area contributed by atoms with Crippen LogP contribution in [0.15, 0.2) is 112 Å². The maximum atomic E-state index is 14.2. The van der Waals surface area contributed by atoms with Gasteiger partial charge in [0.05, 0.1) is 31.4 Å². The third-order valence-corrected chi connectivity index (χ3v) is 12.0. The van der Waals surface area contributed by atoms with E-state index in [1.807, 2.05) is 83.1 Å². The van der Waals surface area contributed by atoms with Crippen LogP contribution in [-0.4, -0.2) is 32.7 Å². The minimum atomic E-state index is -0.636. The summed E-state index contributed by atoms with van der Waals surface area (Å²) in [6.07, 6.45) is 1.38. The SMILES string of the molecule is Cc1ccc(N2C(=O)C(=Cc3ccc(Sc4nc5ccc(NC(=O)c6ccccc6C)cc5s4)c([N+](=O)[O-])c3)C(=O)N(c3ccc(C)c(C)c3)C2=S)cc1C. The van der Waals surface area contributed by atoms with Gasteiger partial charge in [0.1, 0.15) is 5.57 Å². The van der Waals surface area contributed by atoms with Crippen LogP contribution < -0.4 is 15.1 Å². The predicted molar refractivity (Wildman–Crippen MR) is 223 cm³/mol. The number of fused-ring (bicyclic) bond motifs is 1. The van der Waals surface area contributed by atoms with Gasteiger partial charge < -0.3 is 5.32 Å². The van der Waals surface area contributed by atoms with Gasteiger partial charge >= 0.3 is 0 Å². The van der Waals surface area contributed by atoms with Crippen LogP contribution >= 0.6 is 35.3 Å². The van der Waals surface area contributed by atoms with Crippen LogP contribution in [-0.2, 0) is 9.59 Å². The van der Waals surface area contributed by atoms with Crippen LogP contribution in [0.4, 0.5) is 22.7 Å². The average Bonchev–Trinajstić information content (AvgIpc) is 3.55. The summed E-state index contributed by atoms with van der Waals surface area (Å²) in [6.45, 7) is 9.65. The van der Waals surface area contributed by atoms with Crippen molar-refractivity contribution in [3.63, 3.8) is 0 Å². The summed E-state index contributed by atoms with van der Waals surface area (Å²) in [4.78, 5) is 60.8. The molecular weight excluding hydrogens is 751 g/mol. The van der Waals surface area contributed by atoms with E-state index in [1.54, 1.807) is 42.5 Å². The van der Waals surface area contributed by atoms with Gasteiger partial charge in [-0.1, -0.05) is 48.2 Å². The zero-order chi connectivity index (χ0) is 39.1.